The largest absolute Gasteiger partial charge is 0.436 e. The molecule has 4 aromatic rings. The van der Waals surface area contributed by atoms with E-state index < -0.39 is 12.0 Å². The number of nitrogens with two attached hydrogens (primary N) is 1. The number of aromatic nitrogens is 3. The molecule has 2 heterocycles. The van der Waals surface area contributed by atoms with Gasteiger partial charge in [-0.15, -0.1) is 0 Å². The van der Waals surface area contributed by atoms with Crippen LogP contribution in [0, 0.1) is 0 Å². The summed E-state index contributed by atoms with van der Waals surface area (Å²) in [6, 6.07) is 12.9. The molecule has 0 fully saturated rings. The highest BCUT2D eigenvalue weighted by atomic mass is 35.5. The van der Waals surface area contributed by atoms with E-state index in [1.54, 1.807) is 29.8 Å². The molecule has 2 atom stereocenters. The summed E-state index contributed by atoms with van der Waals surface area (Å²) in [6.07, 6.45) is 3.72. The number of aliphatic hydroxyl groups is 1. The maximum atomic E-state index is 11.3. The van der Waals surface area contributed by atoms with Crippen molar-refractivity contribution in [1.29, 1.82) is 0 Å². The third-order valence-electron chi connectivity index (χ3n) is 5.10. The third kappa shape index (κ3) is 4.08. The molecular formula is C22H21ClN4O3. The van der Waals surface area contributed by atoms with Crippen LogP contribution in [0.2, 0.25) is 5.02 Å². The molecule has 2 aromatic carbocycles. The van der Waals surface area contributed by atoms with Crippen molar-refractivity contribution in [2.24, 2.45) is 5.73 Å². The molecule has 2 aromatic heterocycles. The van der Waals surface area contributed by atoms with Crippen molar-refractivity contribution < 1.29 is 14.3 Å². The van der Waals surface area contributed by atoms with E-state index in [4.69, 9.17) is 21.8 Å². The topological polar surface area (TPSA) is 107 Å². The first kappa shape index (κ1) is 20.1. The minimum Gasteiger partial charge on any atom is -0.436 e. The SMILES string of the molecule is CC(O)C(CCc1cccc2oc(-c3ccc(Cl)cc3)nc12)n1cnc(C(N)=O)c1. The van der Waals surface area contributed by atoms with Gasteiger partial charge in [-0.25, -0.2) is 9.97 Å². The predicted octanol–water partition coefficient (Wildman–Crippen LogP) is 4.00. The molecule has 30 heavy (non-hydrogen) atoms. The molecule has 0 aliphatic carbocycles. The van der Waals surface area contributed by atoms with E-state index in [-0.39, 0.29) is 11.7 Å². The molecule has 154 valence electrons. The fraction of sp³-hybridized carbons (Fsp3) is 0.227. The van der Waals surface area contributed by atoms with Crippen LogP contribution in [-0.4, -0.2) is 31.7 Å². The summed E-state index contributed by atoms with van der Waals surface area (Å²) < 4.78 is 7.66. The minimum absolute atomic E-state index is 0.173. The number of oxazole rings is 1. The summed E-state index contributed by atoms with van der Waals surface area (Å²) in [5.41, 5.74) is 8.80. The van der Waals surface area contributed by atoms with Crippen molar-refractivity contribution in [2.75, 3.05) is 0 Å². The molecule has 8 heteroatoms. The lowest BCUT2D eigenvalue weighted by Gasteiger charge is -2.21. The van der Waals surface area contributed by atoms with Gasteiger partial charge in [-0.3, -0.25) is 4.79 Å². The van der Waals surface area contributed by atoms with Crippen LogP contribution in [0.25, 0.3) is 22.6 Å². The second-order valence-electron chi connectivity index (χ2n) is 7.21. The number of amides is 1. The number of benzene rings is 2. The number of aryl methyl sites for hydroxylation is 1. The van der Waals surface area contributed by atoms with Crippen LogP contribution in [0.5, 0.6) is 0 Å². The van der Waals surface area contributed by atoms with E-state index in [0.29, 0.717) is 29.3 Å². The van der Waals surface area contributed by atoms with Gasteiger partial charge in [0.1, 0.15) is 11.2 Å². The first-order chi connectivity index (χ1) is 14.4. The maximum absolute atomic E-state index is 11.3. The normalized spacial score (nSPS) is 13.4. The number of halogens is 1. The molecule has 0 saturated heterocycles. The molecule has 4 rings (SSSR count). The number of aliphatic hydroxyl groups excluding tert-OH is 1. The van der Waals surface area contributed by atoms with Crippen LogP contribution in [0.4, 0.5) is 0 Å². The van der Waals surface area contributed by atoms with Gasteiger partial charge in [0.2, 0.25) is 5.89 Å². The lowest BCUT2D eigenvalue weighted by molar-refractivity contribution is 0.0994. The van der Waals surface area contributed by atoms with E-state index in [1.807, 2.05) is 30.3 Å². The molecule has 0 aliphatic heterocycles. The highest BCUT2D eigenvalue weighted by Gasteiger charge is 2.20. The van der Waals surface area contributed by atoms with Crippen molar-refractivity contribution in [3.63, 3.8) is 0 Å². The molecule has 0 aliphatic rings. The molecule has 0 radical (unpaired) electrons. The zero-order valence-electron chi connectivity index (χ0n) is 16.3. The number of hydrogen-bond acceptors (Lipinski definition) is 5. The smallest absolute Gasteiger partial charge is 0.268 e. The van der Waals surface area contributed by atoms with Gasteiger partial charge in [-0.2, -0.15) is 0 Å². The van der Waals surface area contributed by atoms with Gasteiger partial charge in [0.05, 0.1) is 18.5 Å². The number of nitrogens with zero attached hydrogens (tertiary/aromatic N) is 3. The van der Waals surface area contributed by atoms with Crippen LogP contribution in [0.1, 0.15) is 35.4 Å². The average molecular weight is 425 g/mol. The Morgan fingerprint density at radius 3 is 2.70 bits per heavy atom. The van der Waals surface area contributed by atoms with Gasteiger partial charge in [-0.1, -0.05) is 23.7 Å². The molecular weight excluding hydrogens is 404 g/mol. The summed E-state index contributed by atoms with van der Waals surface area (Å²) in [5, 5.41) is 10.9. The van der Waals surface area contributed by atoms with Gasteiger partial charge in [0.15, 0.2) is 5.58 Å². The lowest BCUT2D eigenvalue weighted by Crippen LogP contribution is -2.21. The fourth-order valence-electron chi connectivity index (χ4n) is 3.51. The van der Waals surface area contributed by atoms with Gasteiger partial charge in [0.25, 0.3) is 5.91 Å². The van der Waals surface area contributed by atoms with Crippen molar-refractivity contribution in [3.8, 4) is 11.5 Å². The van der Waals surface area contributed by atoms with Crippen LogP contribution < -0.4 is 5.73 Å². The van der Waals surface area contributed by atoms with Crippen LogP contribution in [0.3, 0.4) is 0 Å². The van der Waals surface area contributed by atoms with Crippen LogP contribution in [-0.2, 0) is 6.42 Å². The van der Waals surface area contributed by atoms with Crippen molar-refractivity contribution >= 4 is 28.6 Å². The minimum atomic E-state index is -0.638. The number of rotatable bonds is 7. The zero-order valence-corrected chi connectivity index (χ0v) is 17.1. The van der Waals surface area contributed by atoms with Crippen molar-refractivity contribution in [3.05, 3.63) is 71.3 Å². The highest BCUT2D eigenvalue weighted by Crippen LogP contribution is 2.29. The Morgan fingerprint density at radius 2 is 2.03 bits per heavy atom. The molecule has 0 bridgehead atoms. The number of carbonyl (C=O) groups is 1. The standard InChI is InChI=1S/C22H21ClN4O3/c1-13(28)18(27-11-17(21(24)29)25-12-27)10-7-14-3-2-4-19-20(14)26-22(30-19)15-5-8-16(23)9-6-15/h2-6,8-9,11-13,18,28H,7,10H2,1H3,(H2,24,29). The van der Waals surface area contributed by atoms with E-state index >= 15 is 0 Å². The molecule has 3 N–H and O–H groups in total. The number of hydrogen-bond donors (Lipinski definition) is 2. The predicted molar refractivity (Wildman–Crippen MR) is 114 cm³/mol. The maximum Gasteiger partial charge on any atom is 0.268 e. The lowest BCUT2D eigenvalue weighted by atomic mass is 10.0. The van der Waals surface area contributed by atoms with Crippen molar-refractivity contribution in [1.82, 2.24) is 14.5 Å². The number of carbonyl (C=O) groups excluding carboxylic acids is 1. The van der Waals surface area contributed by atoms with E-state index in [0.717, 1.165) is 16.6 Å². The molecule has 0 saturated carbocycles. The Bertz CT molecular complexity index is 1180. The quantitative estimate of drug-likeness (QED) is 0.466. The van der Waals surface area contributed by atoms with Gasteiger partial charge >= 0.3 is 0 Å². The average Bonchev–Trinajstić information content (AvgIpc) is 3.36. The Labute approximate surface area is 178 Å². The number of fused-ring (bicyclic) bond motifs is 1. The van der Waals surface area contributed by atoms with E-state index in [9.17, 15) is 9.90 Å². The molecule has 7 nitrogen and oxygen atoms in total. The Balaban J connectivity index is 1.59. The summed E-state index contributed by atoms with van der Waals surface area (Å²) in [6.45, 7) is 1.71. The second-order valence-corrected chi connectivity index (χ2v) is 7.64. The Hall–Kier alpha value is -3.16. The number of imidazole rings is 1. The zero-order chi connectivity index (χ0) is 21.3. The number of primary amides is 1. The van der Waals surface area contributed by atoms with Gasteiger partial charge in [-0.05, 0) is 55.7 Å². The van der Waals surface area contributed by atoms with E-state index in [2.05, 4.69) is 9.97 Å². The van der Waals surface area contributed by atoms with Crippen LogP contribution >= 0.6 is 11.6 Å². The monoisotopic (exact) mass is 424 g/mol. The fourth-order valence-corrected chi connectivity index (χ4v) is 3.64. The molecule has 2 unspecified atom stereocenters. The summed E-state index contributed by atoms with van der Waals surface area (Å²) in [4.78, 5) is 20.0. The van der Waals surface area contributed by atoms with E-state index in [1.165, 1.54) is 6.33 Å². The molecule has 0 spiro atoms. The van der Waals surface area contributed by atoms with Crippen LogP contribution in [0.15, 0.2) is 59.4 Å². The summed E-state index contributed by atoms with van der Waals surface area (Å²) in [5.74, 6) is -0.0675. The third-order valence-corrected chi connectivity index (χ3v) is 5.35. The van der Waals surface area contributed by atoms with Gasteiger partial charge in [0, 0.05) is 16.8 Å². The highest BCUT2D eigenvalue weighted by molar-refractivity contribution is 6.30. The van der Waals surface area contributed by atoms with Gasteiger partial charge < -0.3 is 19.8 Å². The summed E-state index contributed by atoms with van der Waals surface area (Å²) >= 11 is 5.97. The van der Waals surface area contributed by atoms with Crippen molar-refractivity contribution in [2.45, 2.75) is 31.9 Å². The first-order valence-corrected chi connectivity index (χ1v) is 9.96. The first-order valence-electron chi connectivity index (χ1n) is 9.58. The molecule has 1 amide bonds. The Kier molecular flexibility index (Phi) is 5.57. The Morgan fingerprint density at radius 1 is 1.27 bits per heavy atom. The number of para-hydroxylation sites is 1. The second kappa shape index (κ2) is 8.30. The summed E-state index contributed by atoms with van der Waals surface area (Å²) in [7, 11) is 0.